The molecule has 0 fully saturated rings. The summed E-state index contributed by atoms with van der Waals surface area (Å²) < 4.78 is 0. The van der Waals surface area contributed by atoms with Gasteiger partial charge in [0.1, 0.15) is 5.78 Å². The predicted octanol–water partition coefficient (Wildman–Crippen LogP) is 4.17. The van der Waals surface area contributed by atoms with Crippen molar-refractivity contribution in [2.24, 2.45) is 33.3 Å². The molecule has 0 radical (unpaired) electrons. The minimum atomic E-state index is -0.590. The molecule has 0 unspecified atom stereocenters. The van der Waals surface area contributed by atoms with Gasteiger partial charge < -0.3 is 11.1 Å². The topological polar surface area (TPSA) is 72.2 Å². The summed E-state index contributed by atoms with van der Waals surface area (Å²) >= 11 is 0. The largest absolute Gasteiger partial charge is 0.355 e. The minimum Gasteiger partial charge on any atom is -0.355 e. The van der Waals surface area contributed by atoms with Crippen LogP contribution in [0.15, 0.2) is 0 Å². The third kappa shape index (κ3) is 7.89. The lowest BCUT2D eigenvalue weighted by Crippen LogP contribution is -2.46. The van der Waals surface area contributed by atoms with Crippen LogP contribution in [-0.2, 0) is 9.59 Å². The summed E-state index contributed by atoms with van der Waals surface area (Å²) in [6, 6.07) is 0. The Kier molecular flexibility index (Phi) is 7.90. The van der Waals surface area contributed by atoms with Crippen molar-refractivity contribution in [2.45, 2.75) is 82.1 Å². The molecule has 0 saturated heterocycles. The molecule has 0 aromatic carbocycles. The van der Waals surface area contributed by atoms with E-state index >= 15 is 0 Å². The molecule has 0 rings (SSSR count). The van der Waals surface area contributed by atoms with Crippen LogP contribution in [-0.4, -0.2) is 24.8 Å². The molecular weight excluding hydrogens is 312 g/mol. The van der Waals surface area contributed by atoms with Gasteiger partial charge in [-0.05, 0) is 30.2 Å². The Morgan fingerprint density at radius 2 is 1.32 bits per heavy atom. The van der Waals surface area contributed by atoms with Crippen LogP contribution in [0.1, 0.15) is 82.1 Å². The molecule has 25 heavy (non-hydrogen) atoms. The van der Waals surface area contributed by atoms with Gasteiger partial charge in [-0.15, -0.1) is 0 Å². The Balaban J connectivity index is 4.91. The summed E-state index contributed by atoms with van der Waals surface area (Å²) in [6.07, 6.45) is 1.48. The summed E-state index contributed by atoms with van der Waals surface area (Å²) in [5.41, 5.74) is 4.76. The molecule has 0 aliphatic carbocycles. The molecule has 0 spiro atoms. The maximum atomic E-state index is 12.8. The minimum absolute atomic E-state index is 0.00996. The van der Waals surface area contributed by atoms with Gasteiger partial charge in [0, 0.05) is 23.3 Å². The first-order valence-corrected chi connectivity index (χ1v) is 9.48. The van der Waals surface area contributed by atoms with Gasteiger partial charge in [0.2, 0.25) is 5.91 Å². The van der Waals surface area contributed by atoms with E-state index in [9.17, 15) is 9.59 Å². The van der Waals surface area contributed by atoms with E-state index in [4.69, 9.17) is 5.73 Å². The third-order valence-electron chi connectivity index (χ3n) is 4.93. The van der Waals surface area contributed by atoms with E-state index in [1.807, 2.05) is 41.5 Å². The zero-order chi connectivity index (χ0) is 20.3. The normalized spacial score (nSPS) is 13.9. The molecule has 4 nitrogen and oxygen atoms in total. The summed E-state index contributed by atoms with van der Waals surface area (Å²) in [7, 11) is 0. The van der Waals surface area contributed by atoms with Crippen molar-refractivity contribution in [1.29, 1.82) is 0 Å². The molecule has 0 aliphatic heterocycles. The van der Waals surface area contributed by atoms with Gasteiger partial charge in [-0.1, -0.05) is 69.2 Å². The Bertz CT molecular complexity index is 474. The summed E-state index contributed by atoms with van der Waals surface area (Å²) in [5, 5.41) is 3.11. The van der Waals surface area contributed by atoms with E-state index in [2.05, 4.69) is 33.0 Å². The number of nitrogens with one attached hydrogen (secondary N) is 1. The molecule has 1 amide bonds. The highest BCUT2D eigenvalue weighted by Gasteiger charge is 2.40. The first kappa shape index (κ1) is 24.1. The second-order valence-electron chi connectivity index (χ2n) is 10.9. The fraction of sp³-hybridized carbons (Fsp3) is 0.905. The van der Waals surface area contributed by atoms with Crippen LogP contribution >= 0.6 is 0 Å². The molecule has 148 valence electrons. The Morgan fingerprint density at radius 3 is 1.72 bits per heavy atom. The molecular formula is C21H42N2O2. The average Bonchev–Trinajstić information content (AvgIpc) is 2.41. The number of nitrogens with two attached hydrogens (primary N) is 1. The number of hydrogen-bond acceptors (Lipinski definition) is 3. The van der Waals surface area contributed by atoms with E-state index in [1.165, 1.54) is 0 Å². The number of Topliss-reactive ketones (excluding diaryl/α,β-unsaturated/α-hetero) is 1. The lowest BCUT2D eigenvalue weighted by atomic mass is 9.70. The van der Waals surface area contributed by atoms with Crippen molar-refractivity contribution < 1.29 is 9.59 Å². The zero-order valence-electron chi connectivity index (χ0n) is 18.3. The van der Waals surface area contributed by atoms with Crippen LogP contribution in [0.5, 0.6) is 0 Å². The molecule has 0 aromatic heterocycles. The number of carbonyl (C=O) groups excluding carboxylic acids is 2. The number of amides is 1. The quantitative estimate of drug-likeness (QED) is 0.618. The van der Waals surface area contributed by atoms with Crippen LogP contribution in [0.3, 0.4) is 0 Å². The summed E-state index contributed by atoms with van der Waals surface area (Å²) in [6.45, 7) is 21.4. The Labute approximate surface area is 155 Å². The number of rotatable bonds is 10. The van der Waals surface area contributed by atoms with Crippen molar-refractivity contribution in [2.75, 3.05) is 13.1 Å². The van der Waals surface area contributed by atoms with Gasteiger partial charge in [-0.25, -0.2) is 0 Å². The fourth-order valence-electron chi connectivity index (χ4n) is 4.04. The van der Waals surface area contributed by atoms with Gasteiger partial charge in [-0.2, -0.15) is 0 Å². The second-order valence-corrected chi connectivity index (χ2v) is 10.9. The molecule has 0 aliphatic rings. The molecule has 0 atom stereocenters. The van der Waals surface area contributed by atoms with Crippen molar-refractivity contribution in [3.8, 4) is 0 Å². The van der Waals surface area contributed by atoms with Gasteiger partial charge in [-0.3, -0.25) is 9.59 Å². The lowest BCUT2D eigenvalue weighted by Gasteiger charge is -2.37. The molecule has 0 bridgehead atoms. The van der Waals surface area contributed by atoms with Crippen molar-refractivity contribution in [3.63, 3.8) is 0 Å². The second kappa shape index (κ2) is 8.20. The first-order valence-electron chi connectivity index (χ1n) is 9.48. The highest BCUT2D eigenvalue weighted by molar-refractivity contribution is 5.88. The number of hydrogen-bond donors (Lipinski definition) is 2. The maximum absolute atomic E-state index is 12.8. The van der Waals surface area contributed by atoms with Gasteiger partial charge in [0.25, 0.3) is 0 Å². The fourth-order valence-corrected chi connectivity index (χ4v) is 4.04. The summed E-state index contributed by atoms with van der Waals surface area (Å²) in [4.78, 5) is 25.2. The smallest absolute Gasteiger partial charge is 0.225 e. The van der Waals surface area contributed by atoms with E-state index in [1.54, 1.807) is 0 Å². The molecule has 0 heterocycles. The van der Waals surface area contributed by atoms with E-state index in [-0.39, 0.29) is 28.4 Å². The van der Waals surface area contributed by atoms with Crippen LogP contribution < -0.4 is 11.1 Å². The predicted molar refractivity (Wildman–Crippen MR) is 106 cm³/mol. The summed E-state index contributed by atoms with van der Waals surface area (Å²) in [5.74, 6) is 0.195. The Hall–Kier alpha value is -0.900. The van der Waals surface area contributed by atoms with Gasteiger partial charge in [0.05, 0.1) is 0 Å². The maximum Gasteiger partial charge on any atom is 0.225 e. The number of ketones is 1. The van der Waals surface area contributed by atoms with Gasteiger partial charge in [0.15, 0.2) is 0 Å². The molecule has 4 heteroatoms. The average molecular weight is 355 g/mol. The van der Waals surface area contributed by atoms with E-state index in [0.29, 0.717) is 19.5 Å². The monoisotopic (exact) mass is 354 g/mol. The van der Waals surface area contributed by atoms with Crippen molar-refractivity contribution >= 4 is 11.7 Å². The molecule has 0 aromatic rings. The standard InChI is InChI=1S/C21H42N2O2/c1-15(2)16(24)20(7,8)12-21(9,10)17(25)23-14-19(5,6)11-18(3,4)13-22/h15H,11-14,22H2,1-10H3,(H,23,25). The highest BCUT2D eigenvalue weighted by atomic mass is 16.2. The SMILES string of the molecule is CC(C)C(=O)C(C)(C)CC(C)(C)C(=O)NCC(C)(C)CC(C)(C)CN. The van der Waals surface area contributed by atoms with Crippen LogP contribution in [0.2, 0.25) is 0 Å². The molecule has 3 N–H and O–H groups in total. The van der Waals surface area contributed by atoms with E-state index in [0.717, 1.165) is 6.42 Å². The first-order chi connectivity index (χ1) is 11.0. The van der Waals surface area contributed by atoms with E-state index < -0.39 is 10.8 Å². The van der Waals surface area contributed by atoms with Crippen molar-refractivity contribution in [1.82, 2.24) is 5.32 Å². The molecule has 0 saturated carbocycles. The van der Waals surface area contributed by atoms with Crippen LogP contribution in [0.4, 0.5) is 0 Å². The Morgan fingerprint density at radius 1 is 0.840 bits per heavy atom. The van der Waals surface area contributed by atoms with Crippen molar-refractivity contribution in [3.05, 3.63) is 0 Å². The zero-order valence-corrected chi connectivity index (χ0v) is 18.3. The van der Waals surface area contributed by atoms with Gasteiger partial charge >= 0.3 is 0 Å². The lowest BCUT2D eigenvalue weighted by molar-refractivity contribution is -0.136. The van der Waals surface area contributed by atoms with Crippen LogP contribution in [0, 0.1) is 27.6 Å². The number of carbonyl (C=O) groups is 2. The van der Waals surface area contributed by atoms with Crippen LogP contribution in [0.25, 0.3) is 0 Å². The third-order valence-corrected chi connectivity index (χ3v) is 4.93. The highest BCUT2D eigenvalue weighted by Crippen LogP contribution is 2.37.